The maximum atomic E-state index is 11.1. The van der Waals surface area contributed by atoms with Crippen molar-refractivity contribution in [3.63, 3.8) is 0 Å². The zero-order chi connectivity index (χ0) is 10.5. The fourth-order valence-corrected chi connectivity index (χ4v) is 2.70. The van der Waals surface area contributed by atoms with Gasteiger partial charge in [0.1, 0.15) is 0 Å². The first-order chi connectivity index (χ1) is 7.21. The quantitative estimate of drug-likeness (QED) is 0.727. The van der Waals surface area contributed by atoms with Crippen molar-refractivity contribution >= 4 is 11.6 Å². The van der Waals surface area contributed by atoms with E-state index in [0.29, 0.717) is 11.0 Å². The molecule has 0 aromatic heterocycles. The molecule has 2 aliphatic rings. The van der Waals surface area contributed by atoms with Crippen LogP contribution in [0.5, 0.6) is 0 Å². The van der Waals surface area contributed by atoms with Crippen LogP contribution in [0.1, 0.15) is 35.2 Å². The van der Waals surface area contributed by atoms with Crippen molar-refractivity contribution in [2.75, 3.05) is 11.9 Å². The lowest BCUT2D eigenvalue weighted by molar-refractivity contribution is 0.1000. The molecule has 15 heavy (non-hydrogen) atoms. The van der Waals surface area contributed by atoms with Crippen LogP contribution in [-0.2, 0) is 5.41 Å². The number of hydrogen-bond acceptors (Lipinski definition) is 2. The lowest BCUT2D eigenvalue weighted by Crippen LogP contribution is -2.36. The highest BCUT2D eigenvalue weighted by Crippen LogP contribution is 2.50. The van der Waals surface area contributed by atoms with E-state index in [0.717, 1.165) is 6.54 Å². The van der Waals surface area contributed by atoms with Gasteiger partial charge in [-0.1, -0.05) is 6.42 Å². The van der Waals surface area contributed by atoms with Gasteiger partial charge < -0.3 is 11.1 Å². The van der Waals surface area contributed by atoms with E-state index in [9.17, 15) is 4.79 Å². The Hall–Kier alpha value is -1.51. The minimum atomic E-state index is -0.334. The number of amides is 1. The van der Waals surface area contributed by atoms with Crippen LogP contribution < -0.4 is 11.1 Å². The fourth-order valence-electron chi connectivity index (χ4n) is 2.70. The van der Waals surface area contributed by atoms with Crippen LogP contribution in [0.4, 0.5) is 5.69 Å². The Balaban J connectivity index is 2.10. The van der Waals surface area contributed by atoms with Crippen LogP contribution in [0.3, 0.4) is 0 Å². The Morgan fingerprint density at radius 3 is 2.80 bits per heavy atom. The molecule has 1 spiro atoms. The van der Waals surface area contributed by atoms with E-state index in [2.05, 4.69) is 5.32 Å². The predicted molar refractivity (Wildman–Crippen MR) is 59.0 cm³/mol. The number of carbonyl (C=O) groups excluding carboxylic acids is 1. The van der Waals surface area contributed by atoms with E-state index in [1.54, 1.807) is 6.07 Å². The Bertz CT molecular complexity index is 435. The lowest BCUT2D eigenvalue weighted by Gasteiger charge is -2.38. The molecule has 0 atom stereocenters. The van der Waals surface area contributed by atoms with E-state index in [-0.39, 0.29) is 5.91 Å². The van der Waals surface area contributed by atoms with Crippen LogP contribution in [0, 0.1) is 0 Å². The average molecular weight is 202 g/mol. The summed E-state index contributed by atoms with van der Waals surface area (Å²) in [6, 6.07) is 5.74. The second-order valence-electron chi connectivity index (χ2n) is 4.61. The smallest absolute Gasteiger partial charge is 0.248 e. The van der Waals surface area contributed by atoms with Crippen LogP contribution >= 0.6 is 0 Å². The molecule has 3 heteroatoms. The van der Waals surface area contributed by atoms with E-state index < -0.39 is 0 Å². The second kappa shape index (κ2) is 2.75. The van der Waals surface area contributed by atoms with Crippen molar-refractivity contribution < 1.29 is 4.79 Å². The molecule has 0 bridgehead atoms. The zero-order valence-corrected chi connectivity index (χ0v) is 8.55. The number of hydrogen-bond donors (Lipinski definition) is 2. The predicted octanol–water partition coefficient (Wildman–Crippen LogP) is 1.63. The standard InChI is InChI=1S/C12H14N2O/c13-11(15)8-2-3-10-9(6-8)12(7-14-10)4-1-5-12/h2-3,6,14H,1,4-5,7H2,(H2,13,15). The molecular formula is C12H14N2O. The van der Waals surface area contributed by atoms with Gasteiger partial charge in [-0.25, -0.2) is 0 Å². The Morgan fingerprint density at radius 2 is 2.20 bits per heavy atom. The molecule has 3 nitrogen and oxygen atoms in total. The third-order valence-corrected chi connectivity index (χ3v) is 3.80. The first-order valence-electron chi connectivity index (χ1n) is 5.40. The van der Waals surface area contributed by atoms with Crippen LogP contribution in [-0.4, -0.2) is 12.5 Å². The second-order valence-corrected chi connectivity index (χ2v) is 4.61. The first-order valence-corrected chi connectivity index (χ1v) is 5.40. The number of primary amides is 1. The summed E-state index contributed by atoms with van der Waals surface area (Å²) in [7, 11) is 0. The van der Waals surface area contributed by atoms with Gasteiger partial charge >= 0.3 is 0 Å². The molecule has 3 rings (SSSR count). The van der Waals surface area contributed by atoms with E-state index in [4.69, 9.17) is 5.73 Å². The maximum Gasteiger partial charge on any atom is 0.248 e. The van der Waals surface area contributed by atoms with Gasteiger partial charge in [0, 0.05) is 23.2 Å². The van der Waals surface area contributed by atoms with Gasteiger partial charge in [0.25, 0.3) is 0 Å². The summed E-state index contributed by atoms with van der Waals surface area (Å²) in [5, 5.41) is 3.41. The van der Waals surface area contributed by atoms with E-state index >= 15 is 0 Å². The molecule has 3 N–H and O–H groups in total. The molecule has 0 saturated heterocycles. The molecule has 78 valence electrons. The molecule has 0 unspecified atom stereocenters. The Labute approximate surface area is 88.7 Å². The molecule has 1 aliphatic heterocycles. The summed E-state index contributed by atoms with van der Waals surface area (Å²) in [6.45, 7) is 1.02. The van der Waals surface area contributed by atoms with Crippen LogP contribution in [0.2, 0.25) is 0 Å². The normalized spacial score (nSPS) is 20.5. The van der Waals surface area contributed by atoms with Crippen molar-refractivity contribution in [3.8, 4) is 0 Å². The molecular weight excluding hydrogens is 188 g/mol. The lowest BCUT2D eigenvalue weighted by atomic mass is 9.65. The summed E-state index contributed by atoms with van der Waals surface area (Å²) in [4.78, 5) is 11.1. The van der Waals surface area contributed by atoms with E-state index in [1.165, 1.54) is 30.5 Å². The van der Waals surface area contributed by atoms with Gasteiger partial charge in [-0.2, -0.15) is 0 Å². The van der Waals surface area contributed by atoms with Crippen molar-refractivity contribution in [2.45, 2.75) is 24.7 Å². The number of nitrogens with one attached hydrogen (secondary N) is 1. The Morgan fingerprint density at radius 1 is 1.40 bits per heavy atom. The number of benzene rings is 1. The average Bonchev–Trinajstić information content (AvgIpc) is 2.54. The van der Waals surface area contributed by atoms with Crippen molar-refractivity contribution in [1.82, 2.24) is 0 Å². The van der Waals surface area contributed by atoms with Gasteiger partial charge in [-0.3, -0.25) is 4.79 Å². The fraction of sp³-hybridized carbons (Fsp3) is 0.417. The number of anilines is 1. The summed E-state index contributed by atoms with van der Waals surface area (Å²) >= 11 is 0. The molecule has 0 radical (unpaired) electrons. The molecule has 1 heterocycles. The minimum absolute atomic E-state index is 0.306. The summed E-state index contributed by atoms with van der Waals surface area (Å²) in [5.41, 5.74) is 8.71. The third-order valence-electron chi connectivity index (χ3n) is 3.80. The summed E-state index contributed by atoms with van der Waals surface area (Å²) < 4.78 is 0. The highest BCUT2D eigenvalue weighted by molar-refractivity contribution is 5.93. The molecule has 1 aromatic carbocycles. The van der Waals surface area contributed by atoms with Crippen molar-refractivity contribution in [2.24, 2.45) is 5.73 Å². The molecule has 1 amide bonds. The number of fused-ring (bicyclic) bond motifs is 2. The van der Waals surface area contributed by atoms with Crippen molar-refractivity contribution in [1.29, 1.82) is 0 Å². The monoisotopic (exact) mass is 202 g/mol. The Kier molecular flexibility index (Phi) is 1.61. The summed E-state index contributed by atoms with van der Waals surface area (Å²) in [6.07, 6.45) is 3.76. The number of rotatable bonds is 1. The van der Waals surface area contributed by atoms with Gasteiger partial charge in [0.2, 0.25) is 5.91 Å². The first kappa shape index (κ1) is 8.77. The SMILES string of the molecule is NC(=O)c1ccc2c(c1)C1(CCC1)CN2. The zero-order valence-electron chi connectivity index (χ0n) is 8.55. The highest BCUT2D eigenvalue weighted by Gasteiger charge is 2.43. The van der Waals surface area contributed by atoms with Gasteiger partial charge in [-0.15, -0.1) is 0 Å². The molecule has 1 fully saturated rings. The highest BCUT2D eigenvalue weighted by atomic mass is 16.1. The molecule has 1 saturated carbocycles. The number of carbonyl (C=O) groups is 1. The largest absolute Gasteiger partial charge is 0.384 e. The third kappa shape index (κ3) is 1.09. The maximum absolute atomic E-state index is 11.1. The summed E-state index contributed by atoms with van der Waals surface area (Å²) in [5.74, 6) is -0.334. The van der Waals surface area contributed by atoms with E-state index in [1.807, 2.05) is 12.1 Å². The number of nitrogens with two attached hydrogens (primary N) is 1. The van der Waals surface area contributed by atoms with Crippen LogP contribution in [0.25, 0.3) is 0 Å². The molecule has 1 aromatic rings. The topological polar surface area (TPSA) is 55.1 Å². The van der Waals surface area contributed by atoms with Gasteiger partial charge in [-0.05, 0) is 36.6 Å². The molecule has 1 aliphatic carbocycles. The van der Waals surface area contributed by atoms with Gasteiger partial charge in [0.05, 0.1) is 0 Å². The minimum Gasteiger partial charge on any atom is -0.384 e. The van der Waals surface area contributed by atoms with Gasteiger partial charge in [0.15, 0.2) is 0 Å². The van der Waals surface area contributed by atoms with Crippen LogP contribution in [0.15, 0.2) is 18.2 Å². The van der Waals surface area contributed by atoms with Crippen molar-refractivity contribution in [3.05, 3.63) is 29.3 Å².